The lowest BCUT2D eigenvalue weighted by atomic mass is 10.3. The third kappa shape index (κ3) is 4.29. The lowest BCUT2D eigenvalue weighted by molar-refractivity contribution is -0.385. The summed E-state index contributed by atoms with van der Waals surface area (Å²) in [6.45, 7) is 3.80. The predicted octanol–water partition coefficient (Wildman–Crippen LogP) is 1.98. The van der Waals surface area contributed by atoms with Gasteiger partial charge < -0.3 is 10.0 Å². The number of anilines is 1. The Kier molecular flexibility index (Phi) is 6.07. The first-order valence-corrected chi connectivity index (χ1v) is 6.15. The number of aliphatic hydroxyl groups excluding tert-OH is 1. The third-order valence-corrected chi connectivity index (χ3v) is 2.63. The van der Waals surface area contributed by atoms with Crippen LogP contribution in [-0.2, 0) is 0 Å². The fourth-order valence-electron chi connectivity index (χ4n) is 1.62. The van der Waals surface area contributed by atoms with Crippen LogP contribution < -0.4 is 4.90 Å². The first kappa shape index (κ1) is 14.4. The van der Waals surface area contributed by atoms with E-state index in [1.807, 2.05) is 4.90 Å². The van der Waals surface area contributed by atoms with Crippen LogP contribution in [0.25, 0.3) is 0 Å². The number of pyridine rings is 1. The van der Waals surface area contributed by atoms with Gasteiger partial charge in [0.25, 0.3) is 5.69 Å². The van der Waals surface area contributed by atoms with Crippen LogP contribution in [0.3, 0.4) is 0 Å². The summed E-state index contributed by atoms with van der Waals surface area (Å²) >= 11 is 0. The van der Waals surface area contributed by atoms with Gasteiger partial charge in [-0.25, -0.2) is 4.98 Å². The van der Waals surface area contributed by atoms with Gasteiger partial charge in [-0.1, -0.05) is 13.3 Å². The summed E-state index contributed by atoms with van der Waals surface area (Å²) in [4.78, 5) is 16.2. The van der Waals surface area contributed by atoms with E-state index >= 15 is 0 Å². The SMILES string of the molecule is CCCCN(CCCO)c1ccc([N+](=O)[O-])cn1. The molecule has 0 fully saturated rings. The van der Waals surface area contributed by atoms with Gasteiger partial charge in [-0.05, 0) is 18.9 Å². The van der Waals surface area contributed by atoms with Crippen LogP contribution in [0.15, 0.2) is 18.3 Å². The van der Waals surface area contributed by atoms with Gasteiger partial charge in [-0.2, -0.15) is 0 Å². The molecule has 0 spiro atoms. The van der Waals surface area contributed by atoms with E-state index in [1.54, 1.807) is 6.07 Å². The molecular formula is C12H19N3O3. The molecule has 0 atom stereocenters. The lowest BCUT2D eigenvalue weighted by Gasteiger charge is -2.22. The maximum Gasteiger partial charge on any atom is 0.287 e. The summed E-state index contributed by atoms with van der Waals surface area (Å²) < 4.78 is 0. The molecule has 0 amide bonds. The Morgan fingerprint density at radius 3 is 2.61 bits per heavy atom. The molecule has 0 aliphatic carbocycles. The fraction of sp³-hybridized carbons (Fsp3) is 0.583. The van der Waals surface area contributed by atoms with E-state index in [4.69, 9.17) is 5.11 Å². The first-order chi connectivity index (χ1) is 8.69. The van der Waals surface area contributed by atoms with Crippen LogP contribution >= 0.6 is 0 Å². The van der Waals surface area contributed by atoms with Gasteiger partial charge in [0.1, 0.15) is 12.0 Å². The van der Waals surface area contributed by atoms with Crippen LogP contribution in [0.5, 0.6) is 0 Å². The van der Waals surface area contributed by atoms with Crippen LogP contribution in [0.1, 0.15) is 26.2 Å². The summed E-state index contributed by atoms with van der Waals surface area (Å²) in [5, 5.41) is 19.4. The van der Waals surface area contributed by atoms with Gasteiger partial charge in [0, 0.05) is 25.8 Å². The summed E-state index contributed by atoms with van der Waals surface area (Å²) in [6, 6.07) is 3.12. The second kappa shape index (κ2) is 7.60. The lowest BCUT2D eigenvalue weighted by Crippen LogP contribution is -2.27. The van der Waals surface area contributed by atoms with Crippen molar-refractivity contribution in [3.05, 3.63) is 28.4 Å². The average molecular weight is 253 g/mol. The Labute approximate surface area is 106 Å². The normalized spacial score (nSPS) is 10.3. The zero-order chi connectivity index (χ0) is 13.4. The molecule has 1 N–H and O–H groups in total. The minimum absolute atomic E-state index is 0.00338. The molecule has 18 heavy (non-hydrogen) atoms. The topological polar surface area (TPSA) is 79.5 Å². The molecule has 1 aromatic rings. The zero-order valence-corrected chi connectivity index (χ0v) is 10.6. The monoisotopic (exact) mass is 253 g/mol. The number of hydrogen-bond acceptors (Lipinski definition) is 5. The quantitative estimate of drug-likeness (QED) is 0.566. The van der Waals surface area contributed by atoms with Crippen LogP contribution in [0.4, 0.5) is 11.5 Å². The zero-order valence-electron chi connectivity index (χ0n) is 10.6. The van der Waals surface area contributed by atoms with Gasteiger partial charge in [0.15, 0.2) is 0 Å². The molecule has 100 valence electrons. The molecule has 0 aliphatic heterocycles. The van der Waals surface area contributed by atoms with Crippen molar-refractivity contribution < 1.29 is 10.0 Å². The second-order valence-corrected chi connectivity index (χ2v) is 4.05. The Bertz CT molecular complexity index is 359. The predicted molar refractivity (Wildman–Crippen MR) is 69.7 cm³/mol. The van der Waals surface area contributed by atoms with Crippen molar-refractivity contribution in [2.75, 3.05) is 24.6 Å². The summed E-state index contributed by atoms with van der Waals surface area (Å²) in [6.07, 6.45) is 4.04. The van der Waals surface area contributed by atoms with Gasteiger partial charge in [0.2, 0.25) is 0 Å². The molecule has 6 nitrogen and oxygen atoms in total. The van der Waals surface area contributed by atoms with Crippen molar-refractivity contribution in [3.63, 3.8) is 0 Å². The molecule has 0 aromatic carbocycles. The Morgan fingerprint density at radius 2 is 2.11 bits per heavy atom. The van der Waals surface area contributed by atoms with E-state index in [0.29, 0.717) is 13.0 Å². The number of aromatic nitrogens is 1. The van der Waals surface area contributed by atoms with Crippen molar-refractivity contribution in [3.8, 4) is 0 Å². The molecule has 0 radical (unpaired) electrons. The fourth-order valence-corrected chi connectivity index (χ4v) is 1.62. The standard InChI is InChI=1S/C12H19N3O3/c1-2-3-7-14(8-4-9-16)12-6-5-11(10-13-12)15(17)18/h5-6,10,16H,2-4,7-9H2,1H3. The highest BCUT2D eigenvalue weighted by atomic mass is 16.6. The number of nitro groups is 1. The maximum atomic E-state index is 10.5. The highest BCUT2D eigenvalue weighted by Gasteiger charge is 2.10. The maximum absolute atomic E-state index is 10.5. The molecule has 0 unspecified atom stereocenters. The van der Waals surface area contributed by atoms with Gasteiger partial charge in [0.05, 0.1) is 4.92 Å². The van der Waals surface area contributed by atoms with Crippen molar-refractivity contribution in [1.82, 2.24) is 4.98 Å². The number of aliphatic hydroxyl groups is 1. The van der Waals surface area contributed by atoms with Crippen LogP contribution in [0, 0.1) is 10.1 Å². The minimum Gasteiger partial charge on any atom is -0.396 e. The summed E-state index contributed by atoms with van der Waals surface area (Å²) in [5.41, 5.74) is -0.00338. The molecule has 0 bridgehead atoms. The molecule has 0 aliphatic rings. The number of unbranched alkanes of at least 4 members (excludes halogenated alkanes) is 1. The van der Waals surface area contributed by atoms with Crippen molar-refractivity contribution in [2.45, 2.75) is 26.2 Å². The van der Waals surface area contributed by atoms with E-state index in [2.05, 4.69) is 11.9 Å². The van der Waals surface area contributed by atoms with Gasteiger partial charge in [-0.3, -0.25) is 10.1 Å². The molecule has 1 rings (SSSR count). The molecular weight excluding hydrogens is 234 g/mol. The summed E-state index contributed by atoms with van der Waals surface area (Å²) in [7, 11) is 0. The van der Waals surface area contributed by atoms with E-state index in [1.165, 1.54) is 12.3 Å². The third-order valence-electron chi connectivity index (χ3n) is 2.63. The van der Waals surface area contributed by atoms with E-state index < -0.39 is 4.92 Å². The molecule has 1 heterocycles. The number of nitrogens with zero attached hydrogens (tertiary/aromatic N) is 3. The number of rotatable bonds is 8. The molecule has 6 heteroatoms. The van der Waals surface area contributed by atoms with Crippen LogP contribution in [0.2, 0.25) is 0 Å². The first-order valence-electron chi connectivity index (χ1n) is 6.15. The van der Waals surface area contributed by atoms with Crippen molar-refractivity contribution in [1.29, 1.82) is 0 Å². The smallest absolute Gasteiger partial charge is 0.287 e. The van der Waals surface area contributed by atoms with E-state index in [9.17, 15) is 10.1 Å². The molecule has 1 aromatic heterocycles. The van der Waals surface area contributed by atoms with Crippen molar-refractivity contribution in [2.24, 2.45) is 0 Å². The number of hydrogen-bond donors (Lipinski definition) is 1. The Morgan fingerprint density at radius 1 is 1.39 bits per heavy atom. The summed E-state index contributed by atoms with van der Waals surface area (Å²) in [5.74, 6) is 0.725. The Balaban J connectivity index is 2.73. The Hall–Kier alpha value is -1.69. The minimum atomic E-state index is -0.457. The highest BCUT2D eigenvalue weighted by molar-refractivity contribution is 5.42. The average Bonchev–Trinajstić information content (AvgIpc) is 2.39. The largest absolute Gasteiger partial charge is 0.396 e. The van der Waals surface area contributed by atoms with Crippen LogP contribution in [-0.4, -0.2) is 34.7 Å². The molecule has 0 saturated carbocycles. The van der Waals surface area contributed by atoms with Gasteiger partial charge >= 0.3 is 0 Å². The van der Waals surface area contributed by atoms with Gasteiger partial charge in [-0.15, -0.1) is 0 Å². The van der Waals surface area contributed by atoms with Crippen molar-refractivity contribution >= 4 is 11.5 Å². The molecule has 0 saturated heterocycles. The van der Waals surface area contributed by atoms with E-state index in [0.717, 1.165) is 25.2 Å². The second-order valence-electron chi connectivity index (χ2n) is 4.05. The highest BCUT2D eigenvalue weighted by Crippen LogP contribution is 2.16. The van der Waals surface area contributed by atoms with E-state index in [-0.39, 0.29) is 12.3 Å².